The van der Waals surface area contributed by atoms with Crippen LogP contribution in [0, 0.1) is 0 Å². The summed E-state index contributed by atoms with van der Waals surface area (Å²) in [6.07, 6.45) is 0. The van der Waals surface area contributed by atoms with Crippen molar-refractivity contribution in [3.63, 3.8) is 0 Å². The minimum Gasteiger partial charge on any atom is -0.493 e. The third-order valence-electron chi connectivity index (χ3n) is 3.27. The molecule has 2 aromatic carbocycles. The first-order valence-electron chi connectivity index (χ1n) is 7.94. The van der Waals surface area contributed by atoms with E-state index in [2.05, 4.69) is 0 Å². The van der Waals surface area contributed by atoms with Crippen LogP contribution < -0.4 is 9.47 Å². The fraction of sp³-hybridized carbons (Fsp3) is 0.316. The van der Waals surface area contributed by atoms with Gasteiger partial charge in [-0.05, 0) is 19.1 Å². The topological polar surface area (TPSA) is 65.0 Å². The van der Waals surface area contributed by atoms with Crippen LogP contribution in [0.4, 0.5) is 0 Å². The summed E-state index contributed by atoms with van der Waals surface area (Å²) in [5.41, 5.74) is 1.12. The Morgan fingerprint density at radius 2 is 1.79 bits per heavy atom. The maximum Gasteiger partial charge on any atom is 0.196 e. The van der Waals surface area contributed by atoms with Crippen LogP contribution in [0.3, 0.4) is 0 Å². The predicted octanol–water partition coefficient (Wildman–Crippen LogP) is 2.70. The molecule has 5 heteroatoms. The molecule has 0 fully saturated rings. The molecule has 2 rings (SSSR count). The second kappa shape index (κ2) is 9.70. The van der Waals surface area contributed by atoms with Gasteiger partial charge in [0.05, 0.1) is 32.0 Å². The molecule has 0 atom stereocenters. The zero-order chi connectivity index (χ0) is 17.2. The molecule has 0 unspecified atom stereocenters. The van der Waals surface area contributed by atoms with Crippen LogP contribution in [0.5, 0.6) is 11.5 Å². The van der Waals surface area contributed by atoms with E-state index in [1.54, 1.807) is 30.3 Å². The standard InChI is InChI=1S/C19H22O5/c1-2-23-18-14-16(24-13-12-22-11-10-20)8-9-17(18)19(21)15-6-4-3-5-7-15/h3-9,14,20H,2,10-13H2,1H3. The van der Waals surface area contributed by atoms with Crippen LogP contribution >= 0.6 is 0 Å². The van der Waals surface area contributed by atoms with E-state index in [0.717, 1.165) is 0 Å². The lowest BCUT2D eigenvalue weighted by Crippen LogP contribution is -2.10. The van der Waals surface area contributed by atoms with Gasteiger partial charge in [0.1, 0.15) is 18.1 Å². The molecule has 24 heavy (non-hydrogen) atoms. The van der Waals surface area contributed by atoms with E-state index >= 15 is 0 Å². The van der Waals surface area contributed by atoms with Crippen molar-refractivity contribution in [1.82, 2.24) is 0 Å². The highest BCUT2D eigenvalue weighted by Gasteiger charge is 2.15. The number of carbonyl (C=O) groups is 1. The number of ether oxygens (including phenoxy) is 3. The van der Waals surface area contributed by atoms with Gasteiger partial charge in [0.25, 0.3) is 0 Å². The zero-order valence-corrected chi connectivity index (χ0v) is 13.7. The van der Waals surface area contributed by atoms with E-state index in [4.69, 9.17) is 19.3 Å². The molecule has 0 aliphatic carbocycles. The second-order valence-electron chi connectivity index (χ2n) is 4.97. The Bertz CT molecular complexity index is 639. The highest BCUT2D eigenvalue weighted by atomic mass is 16.5. The van der Waals surface area contributed by atoms with E-state index in [1.807, 2.05) is 25.1 Å². The fourth-order valence-electron chi connectivity index (χ4n) is 2.19. The molecule has 1 N–H and O–H groups in total. The number of carbonyl (C=O) groups excluding carboxylic acids is 1. The van der Waals surface area contributed by atoms with Gasteiger partial charge in [-0.25, -0.2) is 0 Å². The second-order valence-corrected chi connectivity index (χ2v) is 4.97. The summed E-state index contributed by atoms with van der Waals surface area (Å²) in [7, 11) is 0. The molecule has 0 aliphatic rings. The molecule has 0 aromatic heterocycles. The van der Waals surface area contributed by atoms with Gasteiger partial charge in [-0.3, -0.25) is 4.79 Å². The van der Waals surface area contributed by atoms with Gasteiger partial charge < -0.3 is 19.3 Å². The molecule has 5 nitrogen and oxygen atoms in total. The van der Waals surface area contributed by atoms with E-state index in [0.29, 0.717) is 42.4 Å². The lowest BCUT2D eigenvalue weighted by atomic mass is 10.0. The average Bonchev–Trinajstić information content (AvgIpc) is 2.62. The minimum atomic E-state index is -0.0862. The summed E-state index contributed by atoms with van der Waals surface area (Å²) in [6, 6.07) is 14.3. The normalized spacial score (nSPS) is 10.4. The lowest BCUT2D eigenvalue weighted by Gasteiger charge is -2.12. The van der Waals surface area contributed by atoms with Gasteiger partial charge in [-0.15, -0.1) is 0 Å². The number of benzene rings is 2. The van der Waals surface area contributed by atoms with Crippen molar-refractivity contribution < 1.29 is 24.1 Å². The van der Waals surface area contributed by atoms with Crippen LogP contribution in [0.1, 0.15) is 22.8 Å². The average molecular weight is 330 g/mol. The molecule has 0 saturated heterocycles. The molecule has 0 amide bonds. The Morgan fingerprint density at radius 1 is 1.00 bits per heavy atom. The Morgan fingerprint density at radius 3 is 2.50 bits per heavy atom. The van der Waals surface area contributed by atoms with Crippen LogP contribution in [0.25, 0.3) is 0 Å². The quantitative estimate of drug-likeness (QED) is 0.536. The summed E-state index contributed by atoms with van der Waals surface area (Å²) in [6.45, 7) is 3.35. The Hall–Kier alpha value is -2.37. The molecule has 0 radical (unpaired) electrons. The maximum absolute atomic E-state index is 12.6. The molecule has 128 valence electrons. The summed E-state index contributed by atoms with van der Waals surface area (Å²) >= 11 is 0. The van der Waals surface area contributed by atoms with Crippen molar-refractivity contribution in [2.24, 2.45) is 0 Å². The summed E-state index contributed by atoms with van der Waals surface area (Å²) < 4.78 is 16.3. The van der Waals surface area contributed by atoms with Crippen molar-refractivity contribution >= 4 is 5.78 Å². The third-order valence-corrected chi connectivity index (χ3v) is 3.27. The molecule has 0 spiro atoms. The van der Waals surface area contributed by atoms with E-state index < -0.39 is 0 Å². The van der Waals surface area contributed by atoms with E-state index in [1.165, 1.54) is 0 Å². The van der Waals surface area contributed by atoms with Crippen LogP contribution in [0.2, 0.25) is 0 Å². The first kappa shape index (κ1) is 18.0. The van der Waals surface area contributed by atoms with Crippen molar-refractivity contribution in [3.05, 3.63) is 59.7 Å². The van der Waals surface area contributed by atoms with E-state index in [-0.39, 0.29) is 19.0 Å². The third kappa shape index (κ3) is 5.08. The first-order valence-corrected chi connectivity index (χ1v) is 7.94. The molecule has 0 bridgehead atoms. The van der Waals surface area contributed by atoms with Gasteiger partial charge >= 0.3 is 0 Å². The van der Waals surface area contributed by atoms with Gasteiger partial charge in [-0.1, -0.05) is 30.3 Å². The summed E-state index contributed by atoms with van der Waals surface area (Å²) in [5, 5.41) is 8.64. The SMILES string of the molecule is CCOc1cc(OCCOCCO)ccc1C(=O)c1ccccc1. The highest BCUT2D eigenvalue weighted by molar-refractivity contribution is 6.10. The molecular weight excluding hydrogens is 308 g/mol. The van der Waals surface area contributed by atoms with Gasteiger partial charge in [-0.2, -0.15) is 0 Å². The molecular formula is C19H22O5. The van der Waals surface area contributed by atoms with Crippen LogP contribution in [0.15, 0.2) is 48.5 Å². The van der Waals surface area contributed by atoms with Crippen molar-refractivity contribution in [3.8, 4) is 11.5 Å². The summed E-state index contributed by atoms with van der Waals surface area (Å²) in [5.74, 6) is 1.02. The number of rotatable bonds is 10. The molecule has 0 heterocycles. The number of aliphatic hydroxyl groups excluding tert-OH is 1. The smallest absolute Gasteiger partial charge is 0.196 e. The largest absolute Gasteiger partial charge is 0.493 e. The summed E-state index contributed by atoms with van der Waals surface area (Å²) in [4.78, 5) is 12.6. The first-order chi connectivity index (χ1) is 11.8. The van der Waals surface area contributed by atoms with Crippen LogP contribution in [-0.2, 0) is 4.74 Å². The molecule has 0 aliphatic heterocycles. The Balaban J connectivity index is 2.10. The van der Waals surface area contributed by atoms with Crippen molar-refractivity contribution in [2.75, 3.05) is 33.0 Å². The van der Waals surface area contributed by atoms with Crippen molar-refractivity contribution in [1.29, 1.82) is 0 Å². The monoisotopic (exact) mass is 330 g/mol. The fourth-order valence-corrected chi connectivity index (χ4v) is 2.19. The van der Waals surface area contributed by atoms with Gasteiger partial charge in [0.2, 0.25) is 0 Å². The number of ketones is 1. The maximum atomic E-state index is 12.6. The van der Waals surface area contributed by atoms with E-state index in [9.17, 15) is 4.79 Å². The van der Waals surface area contributed by atoms with Crippen molar-refractivity contribution in [2.45, 2.75) is 6.92 Å². The Labute approximate surface area is 141 Å². The van der Waals surface area contributed by atoms with Gasteiger partial charge in [0.15, 0.2) is 5.78 Å². The minimum absolute atomic E-state index is 0.00914. The number of aliphatic hydroxyl groups is 1. The molecule has 2 aromatic rings. The highest BCUT2D eigenvalue weighted by Crippen LogP contribution is 2.27. The number of hydrogen-bond acceptors (Lipinski definition) is 5. The predicted molar refractivity (Wildman–Crippen MR) is 90.9 cm³/mol. The molecule has 0 saturated carbocycles. The zero-order valence-electron chi connectivity index (χ0n) is 13.7. The van der Waals surface area contributed by atoms with Crippen LogP contribution in [-0.4, -0.2) is 43.9 Å². The lowest BCUT2D eigenvalue weighted by molar-refractivity contribution is 0.0704. The number of hydrogen-bond donors (Lipinski definition) is 1. The Kier molecular flexibility index (Phi) is 7.26. The van der Waals surface area contributed by atoms with Gasteiger partial charge in [0, 0.05) is 11.6 Å².